The SMILES string of the molecule is CC1CC(C)CC(NC(C)C2CCCC2)C1. The number of hydrogen-bond acceptors (Lipinski definition) is 1. The molecule has 16 heavy (non-hydrogen) atoms. The van der Waals surface area contributed by atoms with Gasteiger partial charge >= 0.3 is 0 Å². The van der Waals surface area contributed by atoms with E-state index in [0.717, 1.165) is 29.8 Å². The number of nitrogens with one attached hydrogen (secondary N) is 1. The highest BCUT2D eigenvalue weighted by atomic mass is 15.0. The standard InChI is InChI=1S/C15H29N/c1-11-8-12(2)10-15(9-11)16-13(3)14-6-4-5-7-14/h11-16H,4-10H2,1-3H3. The molecule has 1 nitrogen and oxygen atoms in total. The monoisotopic (exact) mass is 223 g/mol. The van der Waals surface area contributed by atoms with E-state index in [1.54, 1.807) is 0 Å². The van der Waals surface area contributed by atoms with Crippen LogP contribution in [0.25, 0.3) is 0 Å². The fourth-order valence-corrected chi connectivity index (χ4v) is 4.05. The lowest BCUT2D eigenvalue weighted by Gasteiger charge is -2.35. The van der Waals surface area contributed by atoms with Crippen molar-refractivity contribution < 1.29 is 0 Å². The fourth-order valence-electron chi connectivity index (χ4n) is 4.05. The van der Waals surface area contributed by atoms with Crippen LogP contribution in [0.5, 0.6) is 0 Å². The molecule has 3 unspecified atom stereocenters. The lowest BCUT2D eigenvalue weighted by atomic mass is 9.80. The number of rotatable bonds is 3. The third-order valence-electron chi connectivity index (χ3n) is 4.78. The van der Waals surface area contributed by atoms with Crippen molar-refractivity contribution in [3.63, 3.8) is 0 Å². The summed E-state index contributed by atoms with van der Waals surface area (Å²) >= 11 is 0. The van der Waals surface area contributed by atoms with Gasteiger partial charge in [-0.25, -0.2) is 0 Å². The number of hydrogen-bond donors (Lipinski definition) is 1. The van der Waals surface area contributed by atoms with Gasteiger partial charge in [-0.3, -0.25) is 0 Å². The summed E-state index contributed by atoms with van der Waals surface area (Å²) in [7, 11) is 0. The fraction of sp³-hybridized carbons (Fsp3) is 1.00. The van der Waals surface area contributed by atoms with Crippen LogP contribution in [0, 0.1) is 17.8 Å². The Bertz CT molecular complexity index is 197. The quantitative estimate of drug-likeness (QED) is 0.763. The molecule has 2 rings (SSSR count). The first kappa shape index (κ1) is 12.4. The third kappa shape index (κ3) is 3.23. The Morgan fingerprint density at radius 1 is 0.938 bits per heavy atom. The van der Waals surface area contributed by atoms with Crippen LogP contribution in [0.4, 0.5) is 0 Å². The molecule has 0 aromatic carbocycles. The van der Waals surface area contributed by atoms with E-state index in [4.69, 9.17) is 0 Å². The molecule has 0 aromatic rings. The van der Waals surface area contributed by atoms with E-state index in [-0.39, 0.29) is 0 Å². The largest absolute Gasteiger partial charge is 0.311 e. The van der Waals surface area contributed by atoms with Crippen LogP contribution >= 0.6 is 0 Å². The molecule has 0 aromatic heterocycles. The first-order valence-electron chi connectivity index (χ1n) is 7.41. The molecular formula is C15H29N. The minimum absolute atomic E-state index is 0.755. The lowest BCUT2D eigenvalue weighted by Crippen LogP contribution is -2.43. The van der Waals surface area contributed by atoms with Gasteiger partial charge in [-0.15, -0.1) is 0 Å². The van der Waals surface area contributed by atoms with Crippen molar-refractivity contribution in [2.45, 2.75) is 77.8 Å². The van der Waals surface area contributed by atoms with Crippen molar-refractivity contribution in [1.29, 1.82) is 0 Å². The normalized spacial score (nSPS) is 38.8. The second-order valence-corrected chi connectivity index (χ2v) is 6.61. The predicted octanol–water partition coefficient (Wildman–Crippen LogP) is 3.98. The van der Waals surface area contributed by atoms with Gasteiger partial charge < -0.3 is 5.32 Å². The van der Waals surface area contributed by atoms with Gasteiger partial charge in [0.15, 0.2) is 0 Å². The van der Waals surface area contributed by atoms with E-state index in [0.29, 0.717) is 0 Å². The summed E-state index contributed by atoms with van der Waals surface area (Å²) in [4.78, 5) is 0. The predicted molar refractivity (Wildman–Crippen MR) is 70.5 cm³/mol. The molecule has 3 atom stereocenters. The molecule has 0 radical (unpaired) electrons. The van der Waals surface area contributed by atoms with E-state index < -0.39 is 0 Å². The van der Waals surface area contributed by atoms with E-state index in [1.165, 1.54) is 44.9 Å². The summed E-state index contributed by atoms with van der Waals surface area (Å²) in [5, 5.41) is 3.92. The zero-order valence-electron chi connectivity index (χ0n) is 11.3. The molecule has 2 saturated carbocycles. The van der Waals surface area contributed by atoms with Crippen molar-refractivity contribution in [3.8, 4) is 0 Å². The molecule has 94 valence electrons. The summed E-state index contributed by atoms with van der Waals surface area (Å²) < 4.78 is 0. The highest BCUT2D eigenvalue weighted by Crippen LogP contribution is 2.31. The Hall–Kier alpha value is -0.0400. The van der Waals surface area contributed by atoms with Gasteiger partial charge in [-0.1, -0.05) is 26.7 Å². The first-order valence-corrected chi connectivity index (χ1v) is 7.41. The van der Waals surface area contributed by atoms with E-state index in [1.807, 2.05) is 0 Å². The zero-order chi connectivity index (χ0) is 11.5. The van der Waals surface area contributed by atoms with Gasteiger partial charge in [0.25, 0.3) is 0 Å². The van der Waals surface area contributed by atoms with Crippen LogP contribution in [-0.2, 0) is 0 Å². The molecule has 1 N–H and O–H groups in total. The van der Waals surface area contributed by atoms with Crippen LogP contribution in [0.2, 0.25) is 0 Å². The topological polar surface area (TPSA) is 12.0 Å². The van der Waals surface area contributed by atoms with E-state index >= 15 is 0 Å². The Kier molecular flexibility index (Phi) is 4.29. The minimum atomic E-state index is 0.755. The molecule has 0 aliphatic heterocycles. The Balaban J connectivity index is 1.79. The van der Waals surface area contributed by atoms with Crippen LogP contribution in [0.1, 0.15) is 65.7 Å². The van der Waals surface area contributed by atoms with Crippen molar-refractivity contribution in [3.05, 3.63) is 0 Å². The Morgan fingerprint density at radius 2 is 1.50 bits per heavy atom. The molecule has 2 fully saturated rings. The third-order valence-corrected chi connectivity index (χ3v) is 4.78. The second kappa shape index (κ2) is 5.53. The van der Waals surface area contributed by atoms with Gasteiger partial charge in [0.1, 0.15) is 0 Å². The average molecular weight is 223 g/mol. The molecular weight excluding hydrogens is 194 g/mol. The van der Waals surface area contributed by atoms with Crippen molar-refractivity contribution in [2.75, 3.05) is 0 Å². The molecule has 0 saturated heterocycles. The van der Waals surface area contributed by atoms with Crippen LogP contribution < -0.4 is 5.32 Å². The molecule has 1 heteroatoms. The van der Waals surface area contributed by atoms with Crippen molar-refractivity contribution in [1.82, 2.24) is 5.32 Å². The lowest BCUT2D eigenvalue weighted by molar-refractivity contribution is 0.212. The summed E-state index contributed by atoms with van der Waals surface area (Å²) in [5.74, 6) is 2.82. The zero-order valence-corrected chi connectivity index (χ0v) is 11.3. The first-order chi connectivity index (χ1) is 7.65. The minimum Gasteiger partial charge on any atom is -0.311 e. The van der Waals surface area contributed by atoms with Gasteiger partial charge in [0, 0.05) is 12.1 Å². The summed E-state index contributed by atoms with van der Waals surface area (Å²) in [6.07, 6.45) is 10.1. The maximum atomic E-state index is 3.92. The van der Waals surface area contributed by atoms with Crippen LogP contribution in [0.3, 0.4) is 0 Å². The van der Waals surface area contributed by atoms with Crippen molar-refractivity contribution in [2.24, 2.45) is 17.8 Å². The summed E-state index contributed by atoms with van der Waals surface area (Å²) in [6.45, 7) is 7.26. The van der Waals surface area contributed by atoms with Gasteiger partial charge in [0.05, 0.1) is 0 Å². The average Bonchev–Trinajstić information content (AvgIpc) is 2.68. The molecule has 2 aliphatic rings. The molecule has 0 amide bonds. The molecule has 0 heterocycles. The van der Waals surface area contributed by atoms with Crippen molar-refractivity contribution >= 4 is 0 Å². The van der Waals surface area contributed by atoms with Crippen LogP contribution in [-0.4, -0.2) is 12.1 Å². The molecule has 0 spiro atoms. The molecule has 0 bridgehead atoms. The van der Waals surface area contributed by atoms with Gasteiger partial charge in [-0.2, -0.15) is 0 Å². The van der Waals surface area contributed by atoms with E-state index in [9.17, 15) is 0 Å². The maximum absolute atomic E-state index is 3.92. The van der Waals surface area contributed by atoms with Gasteiger partial charge in [-0.05, 0) is 56.8 Å². The Morgan fingerprint density at radius 3 is 2.06 bits per heavy atom. The highest BCUT2D eigenvalue weighted by molar-refractivity contribution is 4.85. The smallest absolute Gasteiger partial charge is 0.00747 e. The molecule has 2 aliphatic carbocycles. The summed E-state index contributed by atoms with van der Waals surface area (Å²) in [6, 6.07) is 1.55. The highest BCUT2D eigenvalue weighted by Gasteiger charge is 2.28. The van der Waals surface area contributed by atoms with Gasteiger partial charge in [0.2, 0.25) is 0 Å². The van der Waals surface area contributed by atoms with Crippen LogP contribution in [0.15, 0.2) is 0 Å². The second-order valence-electron chi connectivity index (χ2n) is 6.61. The Labute approximate surface area is 101 Å². The maximum Gasteiger partial charge on any atom is 0.00747 e. The van der Waals surface area contributed by atoms with E-state index in [2.05, 4.69) is 26.1 Å². The summed E-state index contributed by atoms with van der Waals surface area (Å²) in [5.41, 5.74) is 0.